The zero-order chi connectivity index (χ0) is 24.8. The summed E-state index contributed by atoms with van der Waals surface area (Å²) in [6, 6.07) is 21.2. The van der Waals surface area contributed by atoms with Crippen LogP contribution in [0, 0.1) is 5.82 Å². The van der Waals surface area contributed by atoms with Crippen molar-refractivity contribution < 1.29 is 18.7 Å². The van der Waals surface area contributed by atoms with Crippen LogP contribution < -0.4 is 10.1 Å². The molecule has 35 heavy (non-hydrogen) atoms. The predicted octanol–water partition coefficient (Wildman–Crippen LogP) is 6.76. The van der Waals surface area contributed by atoms with Gasteiger partial charge in [0.2, 0.25) is 0 Å². The maximum absolute atomic E-state index is 14.1. The van der Waals surface area contributed by atoms with E-state index >= 15 is 0 Å². The first-order valence-corrected chi connectivity index (χ1v) is 11.3. The number of rotatable bonds is 8. The van der Waals surface area contributed by atoms with Crippen LogP contribution in [0.3, 0.4) is 0 Å². The van der Waals surface area contributed by atoms with E-state index in [4.69, 9.17) is 27.9 Å². The van der Waals surface area contributed by atoms with E-state index < -0.39 is 5.82 Å². The minimum Gasteiger partial charge on any atom is -0.489 e. The fourth-order valence-corrected chi connectivity index (χ4v) is 3.71. The Labute approximate surface area is 211 Å². The molecule has 0 bridgehead atoms. The Kier molecular flexibility index (Phi) is 7.75. The average Bonchev–Trinajstić information content (AvgIpc) is 2.85. The van der Waals surface area contributed by atoms with E-state index in [1.807, 2.05) is 0 Å². The SMILES string of the molecule is O=Cc1ccc(NC(=O)c2cccc(Cc3cc(Cl)ccc3OCc3ccc(Cl)cc3F)n2)cc1. The highest BCUT2D eigenvalue weighted by molar-refractivity contribution is 6.30. The minimum atomic E-state index is -0.450. The van der Waals surface area contributed by atoms with E-state index in [-0.39, 0.29) is 18.2 Å². The van der Waals surface area contributed by atoms with Crippen LogP contribution in [0.15, 0.2) is 78.9 Å². The fraction of sp³-hybridized carbons (Fsp3) is 0.0741. The Morgan fingerprint density at radius 2 is 1.69 bits per heavy atom. The van der Waals surface area contributed by atoms with E-state index in [2.05, 4.69) is 10.3 Å². The van der Waals surface area contributed by atoms with Crippen LogP contribution in [0.4, 0.5) is 10.1 Å². The maximum atomic E-state index is 14.1. The van der Waals surface area contributed by atoms with Gasteiger partial charge in [0.1, 0.15) is 30.2 Å². The Bertz CT molecular complexity index is 1380. The second-order valence-electron chi connectivity index (χ2n) is 7.66. The Balaban J connectivity index is 1.49. The lowest BCUT2D eigenvalue weighted by Gasteiger charge is -2.13. The molecule has 0 spiro atoms. The number of pyridine rings is 1. The Morgan fingerprint density at radius 1 is 0.943 bits per heavy atom. The van der Waals surface area contributed by atoms with Crippen molar-refractivity contribution in [2.75, 3.05) is 5.32 Å². The zero-order valence-corrected chi connectivity index (χ0v) is 19.8. The highest BCUT2D eigenvalue weighted by atomic mass is 35.5. The monoisotopic (exact) mass is 508 g/mol. The smallest absolute Gasteiger partial charge is 0.274 e. The second kappa shape index (κ2) is 11.1. The summed E-state index contributed by atoms with van der Waals surface area (Å²) >= 11 is 12.0. The van der Waals surface area contributed by atoms with Gasteiger partial charge in [0, 0.05) is 44.5 Å². The molecular weight excluding hydrogens is 490 g/mol. The molecule has 0 aliphatic heterocycles. The number of carbonyl (C=O) groups is 2. The lowest BCUT2D eigenvalue weighted by atomic mass is 10.1. The normalized spacial score (nSPS) is 10.6. The van der Waals surface area contributed by atoms with Crippen molar-refractivity contribution in [2.24, 2.45) is 0 Å². The lowest BCUT2D eigenvalue weighted by Crippen LogP contribution is -2.14. The summed E-state index contributed by atoms with van der Waals surface area (Å²) in [6.45, 7) is 0.0103. The van der Waals surface area contributed by atoms with Crippen molar-refractivity contribution >= 4 is 41.1 Å². The molecule has 0 atom stereocenters. The van der Waals surface area contributed by atoms with Crippen LogP contribution >= 0.6 is 23.2 Å². The summed E-state index contributed by atoms with van der Waals surface area (Å²) in [4.78, 5) is 27.9. The minimum absolute atomic E-state index is 0.0103. The molecule has 5 nitrogen and oxygen atoms in total. The molecule has 0 radical (unpaired) electrons. The molecule has 0 saturated carbocycles. The summed E-state index contributed by atoms with van der Waals surface area (Å²) in [5, 5.41) is 3.58. The van der Waals surface area contributed by atoms with Gasteiger partial charge < -0.3 is 10.1 Å². The fourth-order valence-electron chi connectivity index (χ4n) is 3.36. The number of hydrogen-bond donors (Lipinski definition) is 1. The predicted molar refractivity (Wildman–Crippen MR) is 134 cm³/mol. The number of nitrogens with one attached hydrogen (secondary N) is 1. The molecular formula is C27H19Cl2FN2O3. The first kappa shape index (κ1) is 24.4. The van der Waals surface area contributed by atoms with Gasteiger partial charge in [-0.05, 0) is 66.7 Å². The molecule has 0 fully saturated rings. The molecule has 1 heterocycles. The zero-order valence-electron chi connectivity index (χ0n) is 18.3. The summed E-state index contributed by atoms with van der Waals surface area (Å²) in [6.07, 6.45) is 1.07. The van der Waals surface area contributed by atoms with Gasteiger partial charge in [-0.15, -0.1) is 0 Å². The number of anilines is 1. The van der Waals surface area contributed by atoms with Gasteiger partial charge in [0.25, 0.3) is 5.91 Å². The van der Waals surface area contributed by atoms with Crippen LogP contribution in [0.1, 0.15) is 37.7 Å². The van der Waals surface area contributed by atoms with Crippen LogP contribution in [0.25, 0.3) is 0 Å². The molecule has 1 amide bonds. The molecule has 3 aromatic carbocycles. The molecule has 1 aromatic heterocycles. The third kappa shape index (κ3) is 6.44. The molecule has 0 saturated heterocycles. The van der Waals surface area contributed by atoms with E-state index in [9.17, 15) is 14.0 Å². The highest BCUT2D eigenvalue weighted by Gasteiger charge is 2.12. The highest BCUT2D eigenvalue weighted by Crippen LogP contribution is 2.27. The standard InChI is InChI=1S/C27H19Cl2FN2O3/c28-20-8-11-26(35-16-18-6-7-21(29)14-24(18)30)19(12-20)13-23-2-1-3-25(31-23)27(34)32-22-9-4-17(15-33)5-10-22/h1-12,14-15H,13,16H2,(H,32,34). The number of carbonyl (C=O) groups excluding carboxylic acids is 2. The van der Waals surface area contributed by atoms with Gasteiger partial charge >= 0.3 is 0 Å². The van der Waals surface area contributed by atoms with Crippen molar-refractivity contribution in [3.8, 4) is 5.75 Å². The van der Waals surface area contributed by atoms with Crippen LogP contribution in [0.5, 0.6) is 5.75 Å². The van der Waals surface area contributed by atoms with E-state index in [1.165, 1.54) is 6.07 Å². The summed E-state index contributed by atoms with van der Waals surface area (Å²) in [5.41, 5.74) is 3.03. The van der Waals surface area contributed by atoms with E-state index in [1.54, 1.807) is 72.8 Å². The number of halogens is 3. The number of aromatic nitrogens is 1. The van der Waals surface area contributed by atoms with Crippen molar-refractivity contribution in [1.82, 2.24) is 4.98 Å². The van der Waals surface area contributed by atoms with Crippen LogP contribution in [-0.4, -0.2) is 17.2 Å². The van der Waals surface area contributed by atoms with Crippen molar-refractivity contribution in [3.63, 3.8) is 0 Å². The average molecular weight is 509 g/mol. The van der Waals surface area contributed by atoms with Gasteiger partial charge in [0.15, 0.2) is 0 Å². The number of hydrogen-bond acceptors (Lipinski definition) is 4. The first-order chi connectivity index (χ1) is 16.9. The van der Waals surface area contributed by atoms with Crippen molar-refractivity contribution in [2.45, 2.75) is 13.0 Å². The van der Waals surface area contributed by atoms with Gasteiger partial charge in [0.05, 0.1) is 0 Å². The lowest BCUT2D eigenvalue weighted by molar-refractivity contribution is 0.102. The third-order valence-electron chi connectivity index (χ3n) is 5.14. The van der Waals surface area contributed by atoms with Gasteiger partial charge in [-0.3, -0.25) is 9.59 Å². The molecule has 4 rings (SSSR count). The molecule has 0 aliphatic carbocycles. The number of nitrogens with zero attached hydrogens (tertiary/aromatic N) is 1. The van der Waals surface area contributed by atoms with Gasteiger partial charge in [-0.1, -0.05) is 35.3 Å². The van der Waals surface area contributed by atoms with Gasteiger partial charge in [-0.2, -0.15) is 0 Å². The maximum Gasteiger partial charge on any atom is 0.274 e. The molecule has 0 aliphatic rings. The quantitative estimate of drug-likeness (QED) is 0.267. The molecule has 8 heteroatoms. The van der Waals surface area contributed by atoms with Gasteiger partial charge in [-0.25, -0.2) is 9.37 Å². The largest absolute Gasteiger partial charge is 0.489 e. The van der Waals surface area contributed by atoms with Crippen molar-refractivity contribution in [3.05, 3.63) is 123 Å². The number of benzene rings is 3. The Hall–Kier alpha value is -3.74. The second-order valence-corrected chi connectivity index (χ2v) is 8.53. The molecule has 1 N–H and O–H groups in total. The van der Waals surface area contributed by atoms with E-state index in [0.29, 0.717) is 44.7 Å². The van der Waals surface area contributed by atoms with E-state index in [0.717, 1.165) is 11.8 Å². The van der Waals surface area contributed by atoms with Crippen LogP contribution in [0.2, 0.25) is 10.0 Å². The Morgan fingerprint density at radius 3 is 2.43 bits per heavy atom. The summed E-state index contributed by atoms with van der Waals surface area (Å²) in [5.74, 6) is -0.309. The van der Waals surface area contributed by atoms with Crippen LogP contribution in [-0.2, 0) is 13.0 Å². The topological polar surface area (TPSA) is 68.3 Å². The first-order valence-electron chi connectivity index (χ1n) is 10.6. The van der Waals surface area contributed by atoms with Crippen molar-refractivity contribution in [1.29, 1.82) is 0 Å². The molecule has 176 valence electrons. The molecule has 0 unspecified atom stereocenters. The molecule has 4 aromatic rings. The summed E-state index contributed by atoms with van der Waals surface area (Å²) in [7, 11) is 0. The number of amides is 1. The third-order valence-corrected chi connectivity index (χ3v) is 5.61. The number of ether oxygens (including phenoxy) is 1. The summed E-state index contributed by atoms with van der Waals surface area (Å²) < 4.78 is 20.0. The number of aldehydes is 1.